The normalized spacial score (nSPS) is 18.0. The molecule has 0 saturated carbocycles. The number of hydrogen-bond donors (Lipinski definition) is 2. The minimum absolute atomic E-state index is 0.0356. The average molecular weight is 290 g/mol. The predicted octanol–water partition coefficient (Wildman–Crippen LogP) is 1.38. The molecule has 2 N–H and O–H groups in total. The Morgan fingerprint density at radius 1 is 1.57 bits per heavy atom. The van der Waals surface area contributed by atoms with E-state index >= 15 is 0 Å². The lowest BCUT2D eigenvalue weighted by Crippen LogP contribution is -2.32. The molecule has 8 nitrogen and oxygen atoms in total. The Hall–Kier alpha value is -2.48. The number of fused-ring (bicyclic) bond motifs is 1. The van der Waals surface area contributed by atoms with Crippen LogP contribution in [-0.2, 0) is 4.74 Å². The Labute approximate surface area is 119 Å². The molecule has 0 aliphatic carbocycles. The van der Waals surface area contributed by atoms with E-state index in [1.165, 1.54) is 18.2 Å². The van der Waals surface area contributed by atoms with E-state index in [9.17, 15) is 14.9 Å². The zero-order valence-corrected chi connectivity index (χ0v) is 11.2. The lowest BCUT2D eigenvalue weighted by atomic mass is 10.2. The van der Waals surface area contributed by atoms with Gasteiger partial charge in [0, 0.05) is 30.7 Å². The summed E-state index contributed by atoms with van der Waals surface area (Å²) in [5.74, 6) is -0.364. The minimum Gasteiger partial charge on any atom is -0.376 e. The molecule has 1 fully saturated rings. The maximum Gasteiger partial charge on any atom is 0.272 e. The molecule has 2 heterocycles. The molecule has 1 saturated heterocycles. The van der Waals surface area contributed by atoms with Gasteiger partial charge in [-0.15, -0.1) is 0 Å². The van der Waals surface area contributed by atoms with Crippen LogP contribution in [-0.4, -0.2) is 40.3 Å². The molecule has 1 aliphatic heterocycles. The fraction of sp³-hybridized carbons (Fsp3) is 0.385. The molecule has 3 rings (SSSR count). The summed E-state index contributed by atoms with van der Waals surface area (Å²) in [5, 5.41) is 20.6. The molecule has 2 aromatic rings. The van der Waals surface area contributed by atoms with E-state index in [4.69, 9.17) is 4.74 Å². The van der Waals surface area contributed by atoms with Crippen LogP contribution in [0.5, 0.6) is 0 Å². The highest BCUT2D eigenvalue weighted by molar-refractivity contribution is 6.05. The summed E-state index contributed by atoms with van der Waals surface area (Å²) in [6.07, 6.45) is 1.96. The third kappa shape index (κ3) is 2.70. The van der Waals surface area contributed by atoms with Gasteiger partial charge in [-0.3, -0.25) is 20.0 Å². The van der Waals surface area contributed by atoms with E-state index in [-0.39, 0.29) is 23.4 Å². The van der Waals surface area contributed by atoms with Crippen LogP contribution in [0.4, 0.5) is 5.69 Å². The fourth-order valence-electron chi connectivity index (χ4n) is 2.38. The highest BCUT2D eigenvalue weighted by Crippen LogP contribution is 2.22. The second-order valence-corrected chi connectivity index (χ2v) is 4.90. The number of nitrogens with one attached hydrogen (secondary N) is 2. The van der Waals surface area contributed by atoms with Crippen molar-refractivity contribution in [3.8, 4) is 0 Å². The number of benzene rings is 1. The highest BCUT2D eigenvalue weighted by atomic mass is 16.6. The average Bonchev–Trinajstić information content (AvgIpc) is 3.13. The van der Waals surface area contributed by atoms with Crippen molar-refractivity contribution in [2.45, 2.75) is 18.9 Å². The van der Waals surface area contributed by atoms with Crippen molar-refractivity contribution < 1.29 is 14.5 Å². The monoisotopic (exact) mass is 290 g/mol. The molecular weight excluding hydrogens is 276 g/mol. The molecule has 0 unspecified atom stereocenters. The minimum atomic E-state index is -0.500. The smallest absolute Gasteiger partial charge is 0.272 e. The van der Waals surface area contributed by atoms with Gasteiger partial charge in [0.2, 0.25) is 0 Å². The number of non-ortho nitro benzene ring substituents is 1. The lowest BCUT2D eigenvalue weighted by molar-refractivity contribution is -0.384. The topological polar surface area (TPSA) is 110 Å². The van der Waals surface area contributed by atoms with Crippen LogP contribution in [0.1, 0.15) is 23.3 Å². The second-order valence-electron chi connectivity index (χ2n) is 4.90. The van der Waals surface area contributed by atoms with Gasteiger partial charge < -0.3 is 10.1 Å². The SMILES string of the molecule is O=C(NC[C@H]1CCCO1)c1n[nH]c2ccc([N+](=O)[O-])cc12. The van der Waals surface area contributed by atoms with Crippen molar-refractivity contribution in [2.24, 2.45) is 0 Å². The van der Waals surface area contributed by atoms with E-state index < -0.39 is 4.92 Å². The first-order valence-electron chi connectivity index (χ1n) is 6.67. The Balaban J connectivity index is 1.80. The number of aromatic nitrogens is 2. The van der Waals surface area contributed by atoms with Crippen LogP contribution in [0.15, 0.2) is 18.2 Å². The van der Waals surface area contributed by atoms with Crippen molar-refractivity contribution in [3.63, 3.8) is 0 Å². The zero-order chi connectivity index (χ0) is 14.8. The Morgan fingerprint density at radius 3 is 3.14 bits per heavy atom. The van der Waals surface area contributed by atoms with Gasteiger partial charge in [-0.1, -0.05) is 0 Å². The van der Waals surface area contributed by atoms with E-state index in [1.807, 2.05) is 0 Å². The summed E-state index contributed by atoms with van der Waals surface area (Å²) in [4.78, 5) is 22.4. The van der Waals surface area contributed by atoms with Crippen LogP contribution in [0.3, 0.4) is 0 Å². The Kier molecular flexibility index (Phi) is 3.53. The summed E-state index contributed by atoms with van der Waals surface area (Å²) in [7, 11) is 0. The van der Waals surface area contributed by atoms with Gasteiger partial charge in [0.05, 0.1) is 16.5 Å². The van der Waals surface area contributed by atoms with Crippen molar-refractivity contribution in [1.82, 2.24) is 15.5 Å². The van der Waals surface area contributed by atoms with Crippen molar-refractivity contribution in [3.05, 3.63) is 34.0 Å². The first-order chi connectivity index (χ1) is 10.1. The van der Waals surface area contributed by atoms with Crippen LogP contribution in [0.2, 0.25) is 0 Å². The quantitative estimate of drug-likeness (QED) is 0.653. The van der Waals surface area contributed by atoms with Gasteiger partial charge >= 0.3 is 0 Å². The first-order valence-corrected chi connectivity index (χ1v) is 6.67. The third-order valence-electron chi connectivity index (χ3n) is 3.49. The van der Waals surface area contributed by atoms with Crippen LogP contribution < -0.4 is 5.32 Å². The Morgan fingerprint density at radius 2 is 2.43 bits per heavy atom. The number of H-pyrrole nitrogens is 1. The number of amides is 1. The largest absolute Gasteiger partial charge is 0.376 e. The Bertz CT molecular complexity index is 691. The molecule has 110 valence electrons. The predicted molar refractivity (Wildman–Crippen MR) is 74.1 cm³/mol. The van der Waals surface area contributed by atoms with E-state index in [1.54, 1.807) is 0 Å². The van der Waals surface area contributed by atoms with Gasteiger partial charge in [-0.25, -0.2) is 0 Å². The summed E-state index contributed by atoms with van der Waals surface area (Å²) in [5.41, 5.74) is 0.673. The first kappa shape index (κ1) is 13.5. The van der Waals surface area contributed by atoms with E-state index in [2.05, 4.69) is 15.5 Å². The van der Waals surface area contributed by atoms with E-state index in [0.717, 1.165) is 19.4 Å². The number of aromatic amines is 1. The molecule has 1 aromatic heterocycles. The van der Waals surface area contributed by atoms with Crippen molar-refractivity contribution >= 4 is 22.5 Å². The third-order valence-corrected chi connectivity index (χ3v) is 3.49. The number of carbonyl (C=O) groups excluding carboxylic acids is 1. The number of hydrogen-bond acceptors (Lipinski definition) is 5. The molecule has 1 atom stereocenters. The summed E-state index contributed by atoms with van der Waals surface area (Å²) >= 11 is 0. The standard InChI is InChI=1S/C13H14N4O4/c18-13(14-7-9-2-1-5-21-9)12-10-6-8(17(19)20)3-4-11(10)15-16-12/h3-4,6,9H,1-2,5,7H2,(H,14,18)(H,15,16)/t9-/m1/s1. The molecule has 8 heteroatoms. The molecule has 0 radical (unpaired) electrons. The number of nitro groups is 1. The van der Waals surface area contributed by atoms with Gasteiger partial charge in [-0.2, -0.15) is 5.10 Å². The molecule has 1 amide bonds. The molecule has 0 bridgehead atoms. The summed E-state index contributed by atoms with van der Waals surface area (Å²) in [6, 6.07) is 4.26. The van der Waals surface area contributed by atoms with Crippen LogP contribution >= 0.6 is 0 Å². The van der Waals surface area contributed by atoms with Crippen molar-refractivity contribution in [1.29, 1.82) is 0 Å². The molecule has 0 spiro atoms. The number of nitro benzene ring substituents is 1. The summed E-state index contributed by atoms with van der Waals surface area (Å²) in [6.45, 7) is 1.14. The second kappa shape index (κ2) is 5.49. The maximum atomic E-state index is 12.1. The van der Waals surface area contributed by atoms with Gasteiger partial charge in [0.15, 0.2) is 5.69 Å². The van der Waals surface area contributed by atoms with Crippen LogP contribution in [0, 0.1) is 10.1 Å². The fourth-order valence-corrected chi connectivity index (χ4v) is 2.38. The summed E-state index contributed by atoms with van der Waals surface area (Å²) < 4.78 is 5.43. The zero-order valence-electron chi connectivity index (χ0n) is 11.2. The number of carbonyl (C=O) groups is 1. The van der Waals surface area contributed by atoms with Crippen LogP contribution in [0.25, 0.3) is 10.9 Å². The lowest BCUT2D eigenvalue weighted by Gasteiger charge is -2.09. The van der Waals surface area contributed by atoms with Crippen molar-refractivity contribution in [2.75, 3.05) is 13.2 Å². The number of nitrogens with zero attached hydrogens (tertiary/aromatic N) is 2. The van der Waals surface area contributed by atoms with Gasteiger partial charge in [0.25, 0.3) is 11.6 Å². The van der Waals surface area contributed by atoms with E-state index in [0.29, 0.717) is 17.4 Å². The molecule has 21 heavy (non-hydrogen) atoms. The number of rotatable bonds is 4. The van der Waals surface area contributed by atoms with Gasteiger partial charge in [0.1, 0.15) is 0 Å². The maximum absolute atomic E-state index is 12.1. The molecule has 1 aromatic carbocycles. The molecular formula is C13H14N4O4. The number of ether oxygens (including phenoxy) is 1. The molecule has 1 aliphatic rings. The highest BCUT2D eigenvalue weighted by Gasteiger charge is 2.20. The van der Waals surface area contributed by atoms with Gasteiger partial charge in [-0.05, 0) is 18.9 Å².